The maximum absolute atomic E-state index is 11.7. The number of amides is 1. The highest BCUT2D eigenvalue weighted by atomic mass is 16.2. The van der Waals surface area contributed by atoms with Gasteiger partial charge in [0.2, 0.25) is 5.91 Å². The van der Waals surface area contributed by atoms with Crippen LogP contribution in [0.1, 0.15) is 19.4 Å². The van der Waals surface area contributed by atoms with Crippen LogP contribution in [0.2, 0.25) is 0 Å². The number of hydrogen-bond donors (Lipinski definition) is 2. The van der Waals surface area contributed by atoms with E-state index < -0.39 is 0 Å². The van der Waals surface area contributed by atoms with Crippen LogP contribution in [0.3, 0.4) is 0 Å². The lowest BCUT2D eigenvalue weighted by molar-refractivity contribution is -0.117. The van der Waals surface area contributed by atoms with Crippen molar-refractivity contribution >= 4 is 11.6 Å². The lowest BCUT2D eigenvalue weighted by atomic mass is 10.2. The Labute approximate surface area is 103 Å². The molecule has 1 aromatic rings. The third-order valence-electron chi connectivity index (χ3n) is 2.72. The normalized spacial score (nSPS) is 10.9. The second kappa shape index (κ2) is 6.37. The predicted molar refractivity (Wildman–Crippen MR) is 70.7 cm³/mol. The van der Waals surface area contributed by atoms with E-state index in [0.29, 0.717) is 19.1 Å². The lowest BCUT2D eigenvalue weighted by Gasteiger charge is -2.20. The van der Waals surface area contributed by atoms with Gasteiger partial charge in [-0.2, -0.15) is 0 Å². The molecule has 3 N–H and O–H groups in total. The van der Waals surface area contributed by atoms with Gasteiger partial charge in [0.05, 0.1) is 6.54 Å². The fourth-order valence-electron chi connectivity index (χ4n) is 1.39. The third-order valence-corrected chi connectivity index (χ3v) is 2.72. The van der Waals surface area contributed by atoms with Crippen molar-refractivity contribution in [1.29, 1.82) is 0 Å². The minimum atomic E-state index is -0.00429. The smallest absolute Gasteiger partial charge is 0.238 e. The first-order valence-corrected chi connectivity index (χ1v) is 5.82. The van der Waals surface area contributed by atoms with Crippen LogP contribution in [0.25, 0.3) is 0 Å². The number of hydrogen-bond acceptors (Lipinski definition) is 3. The minimum Gasteiger partial charge on any atom is -0.326 e. The molecule has 0 bridgehead atoms. The SMILES string of the molecule is CC(C)N(C)CC(=O)Nc1cccc(CN)c1. The summed E-state index contributed by atoms with van der Waals surface area (Å²) in [6.45, 7) is 4.99. The Hall–Kier alpha value is -1.39. The summed E-state index contributed by atoms with van der Waals surface area (Å²) < 4.78 is 0. The van der Waals surface area contributed by atoms with Gasteiger partial charge in [0, 0.05) is 18.3 Å². The molecule has 94 valence electrons. The van der Waals surface area contributed by atoms with Gasteiger partial charge in [0.15, 0.2) is 0 Å². The van der Waals surface area contributed by atoms with Crippen LogP contribution in [-0.4, -0.2) is 30.4 Å². The highest BCUT2D eigenvalue weighted by Crippen LogP contribution is 2.10. The first-order chi connectivity index (χ1) is 8.02. The molecular weight excluding hydrogens is 214 g/mol. The Kier molecular flexibility index (Phi) is 5.12. The molecule has 0 fully saturated rings. The van der Waals surface area contributed by atoms with E-state index in [4.69, 9.17) is 5.73 Å². The van der Waals surface area contributed by atoms with Crippen LogP contribution in [0.15, 0.2) is 24.3 Å². The van der Waals surface area contributed by atoms with Crippen LogP contribution in [-0.2, 0) is 11.3 Å². The lowest BCUT2D eigenvalue weighted by Crippen LogP contribution is -2.34. The summed E-state index contributed by atoms with van der Waals surface area (Å²) in [5.41, 5.74) is 7.36. The van der Waals surface area contributed by atoms with Gasteiger partial charge in [-0.1, -0.05) is 12.1 Å². The zero-order valence-corrected chi connectivity index (χ0v) is 10.7. The number of rotatable bonds is 5. The Morgan fingerprint density at radius 1 is 1.47 bits per heavy atom. The van der Waals surface area contributed by atoms with Gasteiger partial charge in [-0.05, 0) is 38.6 Å². The summed E-state index contributed by atoms with van der Waals surface area (Å²) in [5.74, 6) is -0.00429. The minimum absolute atomic E-state index is 0.00429. The van der Waals surface area contributed by atoms with Gasteiger partial charge in [-0.25, -0.2) is 0 Å². The van der Waals surface area contributed by atoms with Crippen LogP contribution in [0.5, 0.6) is 0 Å². The van der Waals surface area contributed by atoms with Crippen molar-refractivity contribution in [3.63, 3.8) is 0 Å². The molecule has 17 heavy (non-hydrogen) atoms. The fourth-order valence-corrected chi connectivity index (χ4v) is 1.39. The van der Waals surface area contributed by atoms with Crippen LogP contribution >= 0.6 is 0 Å². The van der Waals surface area contributed by atoms with Crippen LogP contribution < -0.4 is 11.1 Å². The molecule has 4 nitrogen and oxygen atoms in total. The number of anilines is 1. The molecular formula is C13H21N3O. The highest BCUT2D eigenvalue weighted by Gasteiger charge is 2.09. The van der Waals surface area contributed by atoms with Crippen molar-refractivity contribution in [2.45, 2.75) is 26.4 Å². The number of nitrogens with one attached hydrogen (secondary N) is 1. The topological polar surface area (TPSA) is 58.4 Å². The van der Waals surface area contributed by atoms with E-state index in [-0.39, 0.29) is 5.91 Å². The molecule has 1 amide bonds. The predicted octanol–water partition coefficient (Wildman–Crippen LogP) is 1.42. The monoisotopic (exact) mass is 235 g/mol. The van der Waals surface area contributed by atoms with E-state index >= 15 is 0 Å². The van der Waals surface area contributed by atoms with Gasteiger partial charge in [-0.3, -0.25) is 9.69 Å². The van der Waals surface area contributed by atoms with E-state index in [0.717, 1.165) is 11.3 Å². The Morgan fingerprint density at radius 2 is 2.18 bits per heavy atom. The van der Waals surface area contributed by atoms with E-state index in [1.807, 2.05) is 36.2 Å². The summed E-state index contributed by atoms with van der Waals surface area (Å²) in [6, 6.07) is 7.95. The zero-order valence-electron chi connectivity index (χ0n) is 10.7. The molecule has 0 unspecified atom stereocenters. The summed E-state index contributed by atoms with van der Waals surface area (Å²) in [5, 5.41) is 2.87. The maximum Gasteiger partial charge on any atom is 0.238 e. The molecule has 0 aliphatic rings. The van der Waals surface area contributed by atoms with Crippen molar-refractivity contribution in [2.24, 2.45) is 5.73 Å². The van der Waals surface area contributed by atoms with E-state index in [1.165, 1.54) is 0 Å². The Balaban J connectivity index is 2.55. The standard InChI is InChI=1S/C13H21N3O/c1-10(2)16(3)9-13(17)15-12-6-4-5-11(7-12)8-14/h4-7,10H,8-9,14H2,1-3H3,(H,15,17). The van der Waals surface area contributed by atoms with Gasteiger partial charge in [0.25, 0.3) is 0 Å². The number of carbonyl (C=O) groups excluding carboxylic acids is 1. The summed E-state index contributed by atoms with van der Waals surface area (Å²) >= 11 is 0. The first-order valence-electron chi connectivity index (χ1n) is 5.82. The molecule has 0 aromatic heterocycles. The molecule has 0 aliphatic carbocycles. The summed E-state index contributed by atoms with van der Waals surface area (Å²) in [4.78, 5) is 13.7. The van der Waals surface area contributed by atoms with Gasteiger partial charge < -0.3 is 11.1 Å². The highest BCUT2D eigenvalue weighted by molar-refractivity contribution is 5.92. The molecule has 0 saturated carbocycles. The van der Waals surface area contributed by atoms with Crippen LogP contribution in [0, 0.1) is 0 Å². The van der Waals surface area contributed by atoms with E-state index in [9.17, 15) is 4.79 Å². The molecule has 0 radical (unpaired) electrons. The van der Waals surface area contributed by atoms with Gasteiger partial charge in [0.1, 0.15) is 0 Å². The largest absolute Gasteiger partial charge is 0.326 e. The van der Waals surface area contributed by atoms with Crippen molar-refractivity contribution in [1.82, 2.24) is 4.90 Å². The second-order valence-electron chi connectivity index (χ2n) is 4.46. The molecule has 0 spiro atoms. The Morgan fingerprint density at radius 3 is 2.76 bits per heavy atom. The van der Waals surface area contributed by atoms with Crippen molar-refractivity contribution < 1.29 is 4.79 Å². The number of benzene rings is 1. The van der Waals surface area contributed by atoms with Crippen molar-refractivity contribution in [3.05, 3.63) is 29.8 Å². The van der Waals surface area contributed by atoms with Crippen molar-refractivity contribution in [3.8, 4) is 0 Å². The molecule has 0 heterocycles. The average Bonchev–Trinajstić information content (AvgIpc) is 2.28. The fraction of sp³-hybridized carbons (Fsp3) is 0.462. The number of nitrogens with two attached hydrogens (primary N) is 1. The first kappa shape index (κ1) is 13.7. The number of likely N-dealkylation sites (N-methyl/N-ethyl adjacent to an activating group) is 1. The number of carbonyl (C=O) groups is 1. The summed E-state index contributed by atoms with van der Waals surface area (Å²) in [6.07, 6.45) is 0. The molecule has 0 aliphatic heterocycles. The average molecular weight is 235 g/mol. The van der Waals surface area contributed by atoms with Gasteiger partial charge >= 0.3 is 0 Å². The molecule has 1 aromatic carbocycles. The molecule has 0 atom stereocenters. The van der Waals surface area contributed by atoms with E-state index in [2.05, 4.69) is 19.2 Å². The maximum atomic E-state index is 11.7. The quantitative estimate of drug-likeness (QED) is 0.811. The van der Waals surface area contributed by atoms with Crippen molar-refractivity contribution in [2.75, 3.05) is 18.9 Å². The summed E-state index contributed by atoms with van der Waals surface area (Å²) in [7, 11) is 1.93. The van der Waals surface area contributed by atoms with Gasteiger partial charge in [-0.15, -0.1) is 0 Å². The zero-order chi connectivity index (χ0) is 12.8. The number of nitrogens with zero attached hydrogens (tertiary/aromatic N) is 1. The third kappa shape index (κ3) is 4.54. The van der Waals surface area contributed by atoms with E-state index in [1.54, 1.807) is 0 Å². The second-order valence-corrected chi connectivity index (χ2v) is 4.46. The van der Waals surface area contributed by atoms with Crippen LogP contribution in [0.4, 0.5) is 5.69 Å². The molecule has 1 rings (SSSR count). The molecule has 0 saturated heterocycles. The molecule has 4 heteroatoms. The Bertz CT molecular complexity index is 377.